The number of carbonyl (C=O) groups excluding carboxylic acids is 1. The first kappa shape index (κ1) is 17.1. The average Bonchev–Trinajstić information content (AvgIpc) is 2.96. The van der Waals surface area contributed by atoms with Gasteiger partial charge >= 0.3 is 6.03 Å². The normalized spacial score (nSPS) is 19.7. The van der Waals surface area contributed by atoms with E-state index in [4.69, 9.17) is 11.6 Å². The Balaban J connectivity index is 1.45. The number of anilines is 2. The van der Waals surface area contributed by atoms with Gasteiger partial charge in [-0.3, -0.25) is 4.90 Å². The molecule has 5 nitrogen and oxygen atoms in total. The predicted octanol–water partition coefficient (Wildman–Crippen LogP) is 3.57. The molecule has 3 heterocycles. The van der Waals surface area contributed by atoms with Gasteiger partial charge < -0.3 is 9.80 Å². The van der Waals surface area contributed by atoms with E-state index in [2.05, 4.69) is 16.8 Å². The lowest BCUT2D eigenvalue weighted by atomic mass is 10.1. The topological polar surface area (TPSA) is 39.7 Å². The summed E-state index contributed by atoms with van der Waals surface area (Å²) in [5, 5.41) is 0.700. The summed E-state index contributed by atoms with van der Waals surface area (Å²) in [6, 6.07) is 8.94. The Kier molecular flexibility index (Phi) is 4.44. The van der Waals surface area contributed by atoms with Crippen molar-refractivity contribution in [1.82, 2.24) is 9.88 Å². The van der Waals surface area contributed by atoms with Gasteiger partial charge in [-0.1, -0.05) is 11.6 Å². The molecule has 1 fully saturated rings. The molecule has 2 aliphatic rings. The van der Waals surface area contributed by atoms with Crippen LogP contribution in [-0.2, 0) is 6.42 Å². The molecule has 136 valence electrons. The summed E-state index contributed by atoms with van der Waals surface area (Å²) < 4.78 is 13.0. The second-order valence-electron chi connectivity index (χ2n) is 6.79. The van der Waals surface area contributed by atoms with Gasteiger partial charge in [0.25, 0.3) is 0 Å². The Morgan fingerprint density at radius 3 is 2.65 bits per heavy atom. The highest BCUT2D eigenvalue weighted by Gasteiger charge is 2.34. The van der Waals surface area contributed by atoms with Gasteiger partial charge in [-0.05, 0) is 49.2 Å². The molecule has 2 aliphatic heterocycles. The van der Waals surface area contributed by atoms with Gasteiger partial charge in [0.1, 0.15) is 11.6 Å². The third kappa shape index (κ3) is 3.09. The Hall–Kier alpha value is -2.34. The quantitative estimate of drug-likeness (QED) is 0.766. The van der Waals surface area contributed by atoms with Gasteiger partial charge in [0.15, 0.2) is 0 Å². The lowest BCUT2D eigenvalue weighted by Crippen LogP contribution is -2.54. The third-order valence-electron chi connectivity index (χ3n) is 5.05. The lowest BCUT2D eigenvalue weighted by Gasteiger charge is -2.38. The van der Waals surface area contributed by atoms with Crippen molar-refractivity contribution in [3.8, 4) is 0 Å². The van der Waals surface area contributed by atoms with Crippen molar-refractivity contribution in [2.75, 3.05) is 36.0 Å². The van der Waals surface area contributed by atoms with Crippen LogP contribution in [0.4, 0.5) is 20.7 Å². The Morgan fingerprint density at radius 1 is 1.19 bits per heavy atom. The van der Waals surface area contributed by atoms with Gasteiger partial charge in [0.05, 0.1) is 6.20 Å². The van der Waals surface area contributed by atoms with E-state index < -0.39 is 0 Å². The largest absolute Gasteiger partial charge is 0.353 e. The Labute approximate surface area is 157 Å². The number of rotatable bonds is 1. The van der Waals surface area contributed by atoms with Crippen molar-refractivity contribution in [2.45, 2.75) is 19.4 Å². The summed E-state index contributed by atoms with van der Waals surface area (Å²) in [4.78, 5) is 23.0. The molecule has 1 aromatic heterocycles. The first-order valence-electron chi connectivity index (χ1n) is 8.76. The van der Waals surface area contributed by atoms with Gasteiger partial charge in [-0.2, -0.15) is 0 Å². The predicted molar refractivity (Wildman–Crippen MR) is 100 cm³/mol. The van der Waals surface area contributed by atoms with Crippen molar-refractivity contribution in [1.29, 1.82) is 0 Å². The highest BCUT2D eigenvalue weighted by atomic mass is 35.5. The average molecular weight is 375 g/mol. The maximum absolute atomic E-state index is 13.1. The molecule has 2 aromatic rings. The van der Waals surface area contributed by atoms with Crippen LogP contribution in [0, 0.1) is 5.82 Å². The second kappa shape index (κ2) is 6.76. The molecule has 0 bridgehead atoms. The molecule has 4 rings (SSSR count). The van der Waals surface area contributed by atoms with Crippen LogP contribution in [0.3, 0.4) is 0 Å². The van der Waals surface area contributed by atoms with Crippen molar-refractivity contribution in [3.63, 3.8) is 0 Å². The van der Waals surface area contributed by atoms with Crippen LogP contribution >= 0.6 is 11.6 Å². The standard InChI is InChI=1S/C19H20ClFN4O/c1-13-10-14-11-15(20)2-4-17(14)25(13)19(26)24-8-6-23(7-9-24)18-5-3-16(21)12-22-18/h2-5,11-13H,6-10H2,1H3. The van der Waals surface area contributed by atoms with Crippen LogP contribution in [0.25, 0.3) is 0 Å². The molecule has 1 aromatic carbocycles. The number of aromatic nitrogens is 1. The first-order valence-corrected chi connectivity index (χ1v) is 9.14. The van der Waals surface area contributed by atoms with Gasteiger partial charge in [-0.25, -0.2) is 14.2 Å². The summed E-state index contributed by atoms with van der Waals surface area (Å²) in [5.74, 6) is 0.400. The van der Waals surface area contributed by atoms with Gasteiger partial charge in [-0.15, -0.1) is 0 Å². The van der Waals surface area contributed by atoms with E-state index in [0.717, 1.165) is 23.5 Å². The fourth-order valence-electron chi connectivity index (χ4n) is 3.73. The van der Waals surface area contributed by atoms with Crippen molar-refractivity contribution < 1.29 is 9.18 Å². The van der Waals surface area contributed by atoms with E-state index in [-0.39, 0.29) is 17.9 Å². The molecule has 0 radical (unpaired) electrons. The number of carbonyl (C=O) groups is 1. The Bertz CT molecular complexity index is 821. The molecule has 0 aliphatic carbocycles. The van der Waals surface area contributed by atoms with Crippen molar-refractivity contribution in [2.24, 2.45) is 0 Å². The minimum atomic E-state index is -0.343. The number of benzene rings is 1. The first-order chi connectivity index (χ1) is 12.5. The van der Waals surface area contributed by atoms with Crippen LogP contribution in [0.5, 0.6) is 0 Å². The highest BCUT2D eigenvalue weighted by Crippen LogP contribution is 2.35. The molecule has 1 unspecified atom stereocenters. The summed E-state index contributed by atoms with van der Waals surface area (Å²) >= 11 is 6.08. The van der Waals surface area contributed by atoms with Gasteiger partial charge in [0.2, 0.25) is 0 Å². The maximum Gasteiger partial charge on any atom is 0.324 e. The number of pyridine rings is 1. The summed E-state index contributed by atoms with van der Waals surface area (Å²) in [5.41, 5.74) is 2.07. The van der Waals surface area contributed by atoms with E-state index >= 15 is 0 Å². The molecule has 1 saturated heterocycles. The molecular weight excluding hydrogens is 355 g/mol. The Morgan fingerprint density at radius 2 is 1.96 bits per heavy atom. The number of amides is 2. The summed E-state index contributed by atoms with van der Waals surface area (Å²) in [6.45, 7) is 4.65. The van der Waals surface area contributed by atoms with E-state index in [0.29, 0.717) is 31.2 Å². The van der Waals surface area contributed by atoms with Crippen LogP contribution in [0.1, 0.15) is 12.5 Å². The second-order valence-corrected chi connectivity index (χ2v) is 7.22. The number of piperazine rings is 1. The number of hydrogen-bond acceptors (Lipinski definition) is 3. The number of fused-ring (bicyclic) bond motifs is 1. The zero-order chi connectivity index (χ0) is 18.3. The molecule has 1 atom stereocenters. The van der Waals surface area contributed by atoms with E-state index in [9.17, 15) is 9.18 Å². The van der Waals surface area contributed by atoms with Crippen molar-refractivity contribution in [3.05, 3.63) is 52.9 Å². The fraction of sp³-hybridized carbons (Fsp3) is 0.368. The summed E-state index contributed by atoms with van der Waals surface area (Å²) in [6.07, 6.45) is 2.04. The third-order valence-corrected chi connectivity index (χ3v) is 5.28. The zero-order valence-electron chi connectivity index (χ0n) is 14.5. The molecule has 7 heteroatoms. The van der Waals surface area contributed by atoms with Crippen LogP contribution in [0.2, 0.25) is 5.02 Å². The van der Waals surface area contributed by atoms with E-state index in [1.165, 1.54) is 12.3 Å². The van der Waals surface area contributed by atoms with E-state index in [1.807, 2.05) is 28.0 Å². The number of hydrogen-bond donors (Lipinski definition) is 0. The fourth-order valence-corrected chi connectivity index (χ4v) is 3.92. The molecule has 0 saturated carbocycles. The van der Waals surface area contributed by atoms with Crippen LogP contribution in [-0.4, -0.2) is 48.1 Å². The molecule has 26 heavy (non-hydrogen) atoms. The zero-order valence-corrected chi connectivity index (χ0v) is 15.3. The minimum Gasteiger partial charge on any atom is -0.353 e. The number of halogens is 2. The SMILES string of the molecule is CC1Cc2cc(Cl)ccc2N1C(=O)N1CCN(c2ccc(F)cn2)CC1. The highest BCUT2D eigenvalue weighted by molar-refractivity contribution is 6.30. The van der Waals surface area contributed by atoms with Crippen LogP contribution < -0.4 is 9.80 Å². The molecule has 0 N–H and O–H groups in total. The molecular formula is C19H20ClFN4O. The maximum atomic E-state index is 13.1. The summed E-state index contributed by atoms with van der Waals surface area (Å²) in [7, 11) is 0. The minimum absolute atomic E-state index is 0.0327. The molecule has 0 spiro atoms. The van der Waals surface area contributed by atoms with E-state index in [1.54, 1.807) is 6.07 Å². The lowest BCUT2D eigenvalue weighted by molar-refractivity contribution is 0.199. The van der Waals surface area contributed by atoms with Crippen molar-refractivity contribution >= 4 is 29.1 Å². The van der Waals surface area contributed by atoms with Gasteiger partial charge in [0, 0.05) is 42.9 Å². The van der Waals surface area contributed by atoms with Crippen LogP contribution in [0.15, 0.2) is 36.5 Å². The monoisotopic (exact) mass is 374 g/mol. The smallest absolute Gasteiger partial charge is 0.324 e. The molecule has 2 amide bonds. The number of urea groups is 1. The number of nitrogens with zero attached hydrogens (tertiary/aromatic N) is 4.